The fourth-order valence-corrected chi connectivity index (χ4v) is 1.73. The van der Waals surface area contributed by atoms with Crippen LogP contribution in [0.5, 0.6) is 0 Å². The number of nitrogens with one attached hydrogen (secondary N) is 2. The molecule has 0 bridgehead atoms. The van der Waals surface area contributed by atoms with Crippen LogP contribution in [-0.2, 0) is 0 Å². The van der Waals surface area contributed by atoms with Gasteiger partial charge in [0.25, 0.3) is 0 Å². The lowest BCUT2D eigenvalue weighted by Gasteiger charge is -2.18. The predicted molar refractivity (Wildman–Crippen MR) is 74.6 cm³/mol. The van der Waals surface area contributed by atoms with Gasteiger partial charge in [0.1, 0.15) is 0 Å². The molecule has 0 aromatic rings. The molecule has 3 atom stereocenters. The largest absolute Gasteiger partial charge is 0.393 e. The Hall–Kier alpha value is -0.810. The van der Waals surface area contributed by atoms with Crippen LogP contribution in [0.1, 0.15) is 33.6 Å². The third-order valence-corrected chi connectivity index (χ3v) is 2.74. The summed E-state index contributed by atoms with van der Waals surface area (Å²) < 4.78 is 0. The van der Waals surface area contributed by atoms with Gasteiger partial charge in [-0.2, -0.15) is 0 Å². The average Bonchev–Trinajstić information content (AvgIpc) is 2.22. The third-order valence-electron chi connectivity index (χ3n) is 2.74. The Kier molecular flexibility index (Phi) is 8.75. The molecule has 0 aliphatic carbocycles. The van der Waals surface area contributed by atoms with Gasteiger partial charge in [0, 0.05) is 12.6 Å². The maximum absolute atomic E-state index is 11.6. The molecule has 5 nitrogen and oxygen atoms in total. The van der Waals surface area contributed by atoms with Crippen molar-refractivity contribution in [2.45, 2.75) is 45.8 Å². The van der Waals surface area contributed by atoms with Crippen molar-refractivity contribution < 1.29 is 9.90 Å². The van der Waals surface area contributed by atoms with Crippen molar-refractivity contribution in [3.05, 3.63) is 0 Å². The summed E-state index contributed by atoms with van der Waals surface area (Å²) in [7, 11) is 4.04. The van der Waals surface area contributed by atoms with E-state index in [4.69, 9.17) is 0 Å². The zero-order chi connectivity index (χ0) is 14.1. The summed E-state index contributed by atoms with van der Waals surface area (Å²) in [5.41, 5.74) is 0. The highest BCUT2D eigenvalue weighted by atomic mass is 16.3. The zero-order valence-corrected chi connectivity index (χ0v) is 12.4. The number of carbonyl (C=O) groups excluding carboxylic acids is 1. The summed E-state index contributed by atoms with van der Waals surface area (Å²) in [4.78, 5) is 13.7. The minimum absolute atomic E-state index is 0.126. The Morgan fingerprint density at radius 1 is 1.28 bits per heavy atom. The lowest BCUT2D eigenvalue weighted by molar-refractivity contribution is 0.163. The van der Waals surface area contributed by atoms with Crippen LogP contribution >= 0.6 is 0 Å². The van der Waals surface area contributed by atoms with Crippen LogP contribution in [0.4, 0.5) is 4.79 Å². The Morgan fingerprint density at radius 3 is 2.39 bits per heavy atom. The predicted octanol–water partition coefficient (Wildman–Crippen LogP) is 1.03. The van der Waals surface area contributed by atoms with Crippen molar-refractivity contribution in [3.8, 4) is 0 Å². The second kappa shape index (κ2) is 9.16. The van der Waals surface area contributed by atoms with Gasteiger partial charge in [0.05, 0.1) is 6.10 Å². The topological polar surface area (TPSA) is 64.6 Å². The fourth-order valence-electron chi connectivity index (χ4n) is 1.73. The van der Waals surface area contributed by atoms with Gasteiger partial charge in [-0.1, -0.05) is 6.92 Å². The van der Waals surface area contributed by atoms with E-state index < -0.39 is 0 Å². The van der Waals surface area contributed by atoms with E-state index in [9.17, 15) is 9.90 Å². The Morgan fingerprint density at radius 2 is 1.89 bits per heavy atom. The molecule has 0 rings (SSSR count). The summed E-state index contributed by atoms with van der Waals surface area (Å²) in [5, 5.41) is 15.0. The van der Waals surface area contributed by atoms with Crippen molar-refractivity contribution in [1.82, 2.24) is 15.5 Å². The monoisotopic (exact) mass is 259 g/mol. The second-order valence-corrected chi connectivity index (χ2v) is 5.54. The van der Waals surface area contributed by atoms with Crippen LogP contribution in [0, 0.1) is 5.92 Å². The van der Waals surface area contributed by atoms with E-state index in [2.05, 4.69) is 15.5 Å². The molecule has 3 unspecified atom stereocenters. The molecule has 0 saturated heterocycles. The van der Waals surface area contributed by atoms with Gasteiger partial charge >= 0.3 is 6.03 Å². The summed E-state index contributed by atoms with van der Waals surface area (Å²) in [5.74, 6) is 0.285. The van der Waals surface area contributed by atoms with Gasteiger partial charge in [0.15, 0.2) is 0 Å². The van der Waals surface area contributed by atoms with E-state index >= 15 is 0 Å². The maximum atomic E-state index is 11.6. The quantitative estimate of drug-likeness (QED) is 0.610. The Balaban J connectivity index is 3.70. The molecule has 0 aromatic heterocycles. The first-order valence-electron chi connectivity index (χ1n) is 6.68. The number of aliphatic hydroxyl groups is 1. The van der Waals surface area contributed by atoms with Crippen LogP contribution in [-0.4, -0.2) is 55.4 Å². The molecular formula is C13H29N3O2. The lowest BCUT2D eigenvalue weighted by atomic mass is 10.1. The Labute approximate surface area is 111 Å². The minimum Gasteiger partial charge on any atom is -0.393 e. The van der Waals surface area contributed by atoms with Crippen LogP contribution in [0.15, 0.2) is 0 Å². The van der Waals surface area contributed by atoms with E-state index in [1.54, 1.807) is 6.92 Å². The normalized spacial score (nSPS) is 16.2. The first kappa shape index (κ1) is 17.2. The number of hydrogen-bond donors (Lipinski definition) is 3. The van der Waals surface area contributed by atoms with Crippen LogP contribution in [0.3, 0.4) is 0 Å². The highest BCUT2D eigenvalue weighted by molar-refractivity contribution is 5.74. The molecule has 5 heteroatoms. The van der Waals surface area contributed by atoms with Crippen LogP contribution in [0.2, 0.25) is 0 Å². The molecule has 2 amide bonds. The van der Waals surface area contributed by atoms with Crippen molar-refractivity contribution >= 4 is 6.03 Å². The first-order valence-corrected chi connectivity index (χ1v) is 6.68. The van der Waals surface area contributed by atoms with Crippen molar-refractivity contribution in [3.63, 3.8) is 0 Å². The van der Waals surface area contributed by atoms with Gasteiger partial charge in [-0.25, -0.2) is 4.79 Å². The smallest absolute Gasteiger partial charge is 0.315 e. The van der Waals surface area contributed by atoms with E-state index in [1.807, 2.05) is 27.9 Å². The molecule has 0 aromatic carbocycles. The summed E-state index contributed by atoms with van der Waals surface area (Å²) in [6, 6.07) is 0.0400. The third kappa shape index (κ3) is 10.4. The molecule has 0 radical (unpaired) electrons. The van der Waals surface area contributed by atoms with Crippen molar-refractivity contribution in [1.29, 1.82) is 0 Å². The Bertz CT molecular complexity index is 232. The van der Waals surface area contributed by atoms with E-state index in [1.165, 1.54) is 0 Å². The molecule has 0 aliphatic rings. The first-order chi connectivity index (χ1) is 8.31. The fraction of sp³-hybridized carbons (Fsp3) is 0.923. The summed E-state index contributed by atoms with van der Waals surface area (Å²) >= 11 is 0. The van der Waals surface area contributed by atoms with E-state index in [-0.39, 0.29) is 24.1 Å². The molecule has 18 heavy (non-hydrogen) atoms. The number of aliphatic hydroxyl groups excluding tert-OH is 1. The number of carbonyl (C=O) groups is 1. The molecule has 0 fully saturated rings. The average molecular weight is 259 g/mol. The van der Waals surface area contributed by atoms with Gasteiger partial charge in [-0.15, -0.1) is 0 Å². The van der Waals surface area contributed by atoms with Crippen LogP contribution < -0.4 is 10.6 Å². The minimum atomic E-state index is -0.316. The van der Waals surface area contributed by atoms with Gasteiger partial charge in [-0.3, -0.25) is 0 Å². The van der Waals surface area contributed by atoms with E-state index in [0.717, 1.165) is 13.0 Å². The molecule has 0 saturated carbocycles. The van der Waals surface area contributed by atoms with Crippen LogP contribution in [0.25, 0.3) is 0 Å². The summed E-state index contributed by atoms with van der Waals surface area (Å²) in [6.07, 6.45) is 1.32. The molecule has 108 valence electrons. The van der Waals surface area contributed by atoms with Crippen molar-refractivity contribution in [2.24, 2.45) is 5.92 Å². The lowest BCUT2D eigenvalue weighted by Crippen LogP contribution is -2.43. The standard InChI is InChI=1S/C13H29N3O2/c1-10(8-12(3)17)9-14-13(18)15-11(2)6-7-16(4)5/h10-12,17H,6-9H2,1-5H3,(H2,14,15,18). The van der Waals surface area contributed by atoms with Gasteiger partial charge < -0.3 is 20.6 Å². The van der Waals surface area contributed by atoms with Gasteiger partial charge in [-0.05, 0) is 53.2 Å². The van der Waals surface area contributed by atoms with Gasteiger partial charge in [0.2, 0.25) is 0 Å². The molecule has 0 aliphatic heterocycles. The highest BCUT2D eigenvalue weighted by Crippen LogP contribution is 2.03. The number of rotatable bonds is 8. The number of amides is 2. The van der Waals surface area contributed by atoms with E-state index in [0.29, 0.717) is 13.0 Å². The maximum Gasteiger partial charge on any atom is 0.315 e. The molecular weight excluding hydrogens is 230 g/mol. The summed E-state index contributed by atoms with van der Waals surface area (Å²) in [6.45, 7) is 7.34. The SMILES string of the molecule is CC(O)CC(C)CNC(=O)NC(C)CCN(C)C. The number of hydrogen-bond acceptors (Lipinski definition) is 3. The second-order valence-electron chi connectivity index (χ2n) is 5.54. The highest BCUT2D eigenvalue weighted by Gasteiger charge is 2.10. The molecule has 3 N–H and O–H groups in total. The molecule has 0 spiro atoms. The number of nitrogens with zero attached hydrogens (tertiary/aromatic N) is 1. The zero-order valence-electron chi connectivity index (χ0n) is 12.4. The van der Waals surface area contributed by atoms with Crippen molar-refractivity contribution in [2.75, 3.05) is 27.2 Å². The number of urea groups is 1. The molecule has 0 heterocycles.